The van der Waals surface area contributed by atoms with E-state index in [2.05, 4.69) is 17.0 Å². The normalized spacial score (nSPS) is 17.8. The molecule has 1 fully saturated rings. The molecule has 0 aromatic heterocycles. The van der Waals surface area contributed by atoms with Crippen molar-refractivity contribution in [1.29, 1.82) is 0 Å². The highest BCUT2D eigenvalue weighted by molar-refractivity contribution is 7.89. The summed E-state index contributed by atoms with van der Waals surface area (Å²) in [5.74, 6) is 0. The highest BCUT2D eigenvalue weighted by Crippen LogP contribution is 2.37. The van der Waals surface area contributed by atoms with Gasteiger partial charge in [0.05, 0.1) is 5.69 Å². The molecule has 0 bridgehead atoms. The van der Waals surface area contributed by atoms with Crippen LogP contribution in [-0.2, 0) is 10.0 Å². The Balaban J connectivity index is 2.13. The lowest BCUT2D eigenvalue weighted by molar-refractivity contribution is 0.362. The van der Waals surface area contributed by atoms with Gasteiger partial charge in [-0.05, 0) is 36.8 Å². The van der Waals surface area contributed by atoms with E-state index in [0.717, 1.165) is 13.0 Å². The van der Waals surface area contributed by atoms with Crippen LogP contribution in [0.15, 0.2) is 29.2 Å². The zero-order valence-corrected chi connectivity index (χ0v) is 13.8. The number of hydrogen-bond donors (Lipinski definition) is 2. The van der Waals surface area contributed by atoms with E-state index < -0.39 is 10.0 Å². The molecule has 0 unspecified atom stereocenters. The van der Waals surface area contributed by atoms with Gasteiger partial charge in [0.25, 0.3) is 0 Å². The molecular weight excluding hydrogens is 284 g/mol. The highest BCUT2D eigenvalue weighted by Gasteiger charge is 2.29. The van der Waals surface area contributed by atoms with Crippen LogP contribution in [0, 0.1) is 5.41 Å². The molecule has 2 N–H and O–H groups in total. The topological polar surface area (TPSA) is 58.2 Å². The monoisotopic (exact) mass is 310 g/mol. The van der Waals surface area contributed by atoms with E-state index in [4.69, 9.17) is 0 Å². The zero-order valence-electron chi connectivity index (χ0n) is 13.0. The van der Waals surface area contributed by atoms with Crippen molar-refractivity contribution in [2.75, 3.05) is 18.4 Å². The minimum Gasteiger partial charge on any atom is -0.383 e. The summed E-state index contributed by atoms with van der Waals surface area (Å²) in [5, 5.41) is 3.36. The number of hydrogen-bond acceptors (Lipinski definition) is 3. The SMILES string of the molecule is CCCNS(=O)(=O)c1ccccc1NCC1(C)CCCC1. The van der Waals surface area contributed by atoms with Crippen molar-refractivity contribution < 1.29 is 8.42 Å². The van der Waals surface area contributed by atoms with Crippen LogP contribution >= 0.6 is 0 Å². The summed E-state index contributed by atoms with van der Waals surface area (Å²) < 4.78 is 27.3. The van der Waals surface area contributed by atoms with E-state index in [1.807, 2.05) is 19.1 Å². The third-order valence-corrected chi connectivity index (χ3v) is 5.75. The summed E-state index contributed by atoms with van der Waals surface area (Å²) in [6.45, 7) is 5.52. The summed E-state index contributed by atoms with van der Waals surface area (Å²) in [7, 11) is -3.43. The van der Waals surface area contributed by atoms with Gasteiger partial charge in [-0.15, -0.1) is 0 Å². The van der Waals surface area contributed by atoms with Crippen LogP contribution in [0.25, 0.3) is 0 Å². The van der Waals surface area contributed by atoms with Crippen molar-refractivity contribution in [3.63, 3.8) is 0 Å². The van der Waals surface area contributed by atoms with Crippen LogP contribution in [0.4, 0.5) is 5.69 Å². The van der Waals surface area contributed by atoms with E-state index in [1.54, 1.807) is 12.1 Å². The Bertz CT molecular complexity index is 563. The summed E-state index contributed by atoms with van der Waals surface area (Å²) in [4.78, 5) is 0.347. The summed E-state index contributed by atoms with van der Waals surface area (Å²) in [6.07, 6.45) is 5.76. The maximum absolute atomic E-state index is 12.3. The average molecular weight is 310 g/mol. The zero-order chi connectivity index (χ0) is 15.3. The van der Waals surface area contributed by atoms with E-state index in [9.17, 15) is 8.42 Å². The Kier molecular flexibility index (Phi) is 5.27. The highest BCUT2D eigenvalue weighted by atomic mass is 32.2. The lowest BCUT2D eigenvalue weighted by atomic mass is 9.89. The molecule has 1 aliphatic rings. The molecule has 118 valence electrons. The van der Waals surface area contributed by atoms with Crippen molar-refractivity contribution in [2.24, 2.45) is 5.41 Å². The molecule has 0 radical (unpaired) electrons. The van der Waals surface area contributed by atoms with Crippen molar-refractivity contribution in [1.82, 2.24) is 4.72 Å². The summed E-state index contributed by atoms with van der Waals surface area (Å²) in [5.41, 5.74) is 0.988. The molecule has 1 aromatic rings. The molecule has 0 amide bonds. The van der Waals surface area contributed by atoms with E-state index in [-0.39, 0.29) is 5.41 Å². The first kappa shape index (κ1) is 16.3. The Labute approximate surface area is 128 Å². The molecule has 0 heterocycles. The molecule has 21 heavy (non-hydrogen) atoms. The third-order valence-electron chi connectivity index (χ3n) is 4.23. The van der Waals surface area contributed by atoms with E-state index in [1.165, 1.54) is 25.7 Å². The molecule has 2 rings (SSSR count). The number of sulfonamides is 1. The van der Waals surface area contributed by atoms with Gasteiger partial charge in [-0.3, -0.25) is 0 Å². The maximum Gasteiger partial charge on any atom is 0.242 e. The molecule has 1 saturated carbocycles. The minimum atomic E-state index is -3.43. The second-order valence-electron chi connectivity index (χ2n) is 6.27. The predicted octanol–water partition coefficient (Wildman–Crippen LogP) is 3.37. The Morgan fingerprint density at radius 3 is 2.52 bits per heavy atom. The number of nitrogens with one attached hydrogen (secondary N) is 2. The number of para-hydroxylation sites is 1. The fraction of sp³-hybridized carbons (Fsp3) is 0.625. The van der Waals surface area contributed by atoms with Gasteiger partial charge in [-0.2, -0.15) is 0 Å². The second-order valence-corrected chi connectivity index (χ2v) is 8.00. The molecule has 0 aliphatic heterocycles. The maximum atomic E-state index is 12.3. The Hall–Kier alpha value is -1.07. The van der Waals surface area contributed by atoms with E-state index in [0.29, 0.717) is 17.1 Å². The Morgan fingerprint density at radius 2 is 1.86 bits per heavy atom. The third kappa shape index (κ3) is 4.20. The smallest absolute Gasteiger partial charge is 0.242 e. The van der Waals surface area contributed by atoms with Crippen molar-refractivity contribution in [3.8, 4) is 0 Å². The lowest BCUT2D eigenvalue weighted by Crippen LogP contribution is -2.27. The first-order valence-corrected chi connectivity index (χ1v) is 9.28. The van der Waals surface area contributed by atoms with Gasteiger partial charge in [0.15, 0.2) is 0 Å². The van der Waals surface area contributed by atoms with Gasteiger partial charge >= 0.3 is 0 Å². The molecular formula is C16H26N2O2S. The first-order valence-electron chi connectivity index (χ1n) is 7.79. The van der Waals surface area contributed by atoms with Crippen LogP contribution in [0.2, 0.25) is 0 Å². The molecule has 0 saturated heterocycles. The van der Waals surface area contributed by atoms with Gasteiger partial charge in [-0.1, -0.05) is 38.8 Å². The number of anilines is 1. The van der Waals surface area contributed by atoms with Gasteiger partial charge < -0.3 is 5.32 Å². The van der Waals surface area contributed by atoms with Gasteiger partial charge in [0.2, 0.25) is 10.0 Å². The average Bonchev–Trinajstić information content (AvgIpc) is 2.91. The van der Waals surface area contributed by atoms with Crippen molar-refractivity contribution in [3.05, 3.63) is 24.3 Å². The quantitative estimate of drug-likeness (QED) is 0.812. The van der Waals surface area contributed by atoms with Crippen LogP contribution < -0.4 is 10.0 Å². The van der Waals surface area contributed by atoms with Gasteiger partial charge in [0, 0.05) is 13.1 Å². The largest absolute Gasteiger partial charge is 0.383 e. The first-order chi connectivity index (χ1) is 9.97. The standard InChI is InChI=1S/C16H26N2O2S/c1-3-12-18-21(19,20)15-9-5-4-8-14(15)17-13-16(2)10-6-7-11-16/h4-5,8-9,17-18H,3,6-7,10-13H2,1-2H3. The van der Waals surface area contributed by atoms with Gasteiger partial charge in [-0.25, -0.2) is 13.1 Å². The molecule has 1 aliphatic carbocycles. The predicted molar refractivity (Wildman–Crippen MR) is 87.0 cm³/mol. The minimum absolute atomic E-state index is 0.285. The molecule has 4 nitrogen and oxygen atoms in total. The van der Waals surface area contributed by atoms with Crippen LogP contribution in [-0.4, -0.2) is 21.5 Å². The van der Waals surface area contributed by atoms with Crippen molar-refractivity contribution in [2.45, 2.75) is 50.8 Å². The fourth-order valence-electron chi connectivity index (χ4n) is 2.88. The summed E-state index contributed by atoms with van der Waals surface area (Å²) in [6, 6.07) is 7.15. The van der Waals surface area contributed by atoms with E-state index >= 15 is 0 Å². The fourth-order valence-corrected chi connectivity index (χ4v) is 4.19. The number of benzene rings is 1. The molecule has 1 aromatic carbocycles. The molecule has 5 heteroatoms. The van der Waals surface area contributed by atoms with Crippen LogP contribution in [0.1, 0.15) is 46.0 Å². The second kappa shape index (κ2) is 6.79. The molecule has 0 atom stereocenters. The van der Waals surface area contributed by atoms with Gasteiger partial charge in [0.1, 0.15) is 4.90 Å². The molecule has 0 spiro atoms. The lowest BCUT2D eigenvalue weighted by Gasteiger charge is -2.25. The van der Waals surface area contributed by atoms with Crippen LogP contribution in [0.3, 0.4) is 0 Å². The number of rotatable bonds is 7. The summed E-state index contributed by atoms with van der Waals surface area (Å²) >= 11 is 0. The van der Waals surface area contributed by atoms with Crippen LogP contribution in [0.5, 0.6) is 0 Å². The Morgan fingerprint density at radius 1 is 1.19 bits per heavy atom. The van der Waals surface area contributed by atoms with Crippen molar-refractivity contribution >= 4 is 15.7 Å².